The molecular weight excluding hydrogens is 242 g/mol. The largest absolute Gasteiger partial charge is 0.383 e. The molecule has 7 nitrogen and oxygen atoms in total. The van der Waals surface area contributed by atoms with E-state index in [2.05, 4.69) is 14.9 Å². The fraction of sp³-hybridized carbons (Fsp3) is 0.667. The van der Waals surface area contributed by atoms with E-state index in [1.807, 2.05) is 25.9 Å². The summed E-state index contributed by atoms with van der Waals surface area (Å²) in [4.78, 5) is 1.99. The Morgan fingerprint density at radius 1 is 1.59 bits per heavy atom. The summed E-state index contributed by atoms with van der Waals surface area (Å²) in [6.45, 7) is 2.63. The third-order valence-electron chi connectivity index (χ3n) is 2.29. The predicted molar refractivity (Wildman–Crippen MR) is 66.0 cm³/mol. The molecular formula is C9H19N5O2S. The van der Waals surface area contributed by atoms with Crippen LogP contribution in [0.15, 0.2) is 11.1 Å². The van der Waals surface area contributed by atoms with E-state index in [-0.39, 0.29) is 16.8 Å². The molecule has 1 aromatic rings. The van der Waals surface area contributed by atoms with Gasteiger partial charge in [0.15, 0.2) is 0 Å². The summed E-state index contributed by atoms with van der Waals surface area (Å²) in [5, 5.41) is 5.99. The number of nitrogen functional groups attached to an aromatic ring is 1. The van der Waals surface area contributed by atoms with Crippen molar-refractivity contribution in [1.29, 1.82) is 0 Å². The Morgan fingerprint density at radius 3 is 2.71 bits per heavy atom. The molecule has 0 radical (unpaired) electrons. The van der Waals surface area contributed by atoms with Crippen LogP contribution in [0, 0.1) is 0 Å². The molecule has 1 aromatic heterocycles. The van der Waals surface area contributed by atoms with Gasteiger partial charge in [-0.25, -0.2) is 13.1 Å². The van der Waals surface area contributed by atoms with Crippen molar-refractivity contribution < 1.29 is 8.42 Å². The Hall–Kier alpha value is -1.12. The average Bonchev–Trinajstić information content (AvgIpc) is 2.61. The van der Waals surface area contributed by atoms with Crippen LogP contribution in [0.5, 0.6) is 0 Å². The van der Waals surface area contributed by atoms with Gasteiger partial charge in [-0.15, -0.1) is 0 Å². The van der Waals surface area contributed by atoms with Crippen LogP contribution in [-0.4, -0.2) is 50.2 Å². The second kappa shape index (κ2) is 5.48. The number of hydrogen-bond acceptors (Lipinski definition) is 5. The van der Waals surface area contributed by atoms with Crippen molar-refractivity contribution >= 4 is 15.8 Å². The number of nitrogens with zero attached hydrogens (tertiary/aromatic N) is 2. The maximum Gasteiger partial charge on any atom is 0.246 e. The minimum absolute atomic E-state index is 0.00537. The number of nitrogens with two attached hydrogens (primary N) is 1. The van der Waals surface area contributed by atoms with Gasteiger partial charge in [0, 0.05) is 6.04 Å². The summed E-state index contributed by atoms with van der Waals surface area (Å²) in [5.41, 5.74) is 5.48. The molecule has 0 amide bonds. The van der Waals surface area contributed by atoms with Gasteiger partial charge in [-0.3, -0.25) is 5.10 Å². The lowest BCUT2D eigenvalue weighted by atomic mass is 10.2. The van der Waals surface area contributed by atoms with E-state index in [1.54, 1.807) is 0 Å². The summed E-state index contributed by atoms with van der Waals surface area (Å²) in [7, 11) is 0.298. The van der Waals surface area contributed by atoms with Gasteiger partial charge >= 0.3 is 0 Å². The molecule has 8 heteroatoms. The summed E-state index contributed by atoms with van der Waals surface area (Å²) >= 11 is 0. The zero-order chi connectivity index (χ0) is 13.1. The zero-order valence-electron chi connectivity index (χ0n) is 10.3. The highest BCUT2D eigenvalue weighted by Gasteiger charge is 2.21. The van der Waals surface area contributed by atoms with Crippen molar-refractivity contribution in [3.05, 3.63) is 6.20 Å². The normalized spacial score (nSPS) is 14.1. The highest BCUT2D eigenvalue weighted by Crippen LogP contribution is 2.14. The van der Waals surface area contributed by atoms with Crippen LogP contribution in [0.2, 0.25) is 0 Å². The van der Waals surface area contributed by atoms with E-state index < -0.39 is 10.0 Å². The van der Waals surface area contributed by atoms with Crippen molar-refractivity contribution in [3.63, 3.8) is 0 Å². The van der Waals surface area contributed by atoms with Gasteiger partial charge in [0.25, 0.3) is 0 Å². The average molecular weight is 261 g/mol. The number of aromatic nitrogens is 2. The molecule has 98 valence electrons. The molecule has 0 aliphatic rings. The van der Waals surface area contributed by atoms with Crippen LogP contribution in [0.25, 0.3) is 0 Å². The van der Waals surface area contributed by atoms with Gasteiger partial charge < -0.3 is 10.6 Å². The van der Waals surface area contributed by atoms with E-state index in [4.69, 9.17) is 5.73 Å². The number of H-pyrrole nitrogens is 1. The molecule has 1 unspecified atom stereocenters. The molecule has 0 aromatic carbocycles. The van der Waals surface area contributed by atoms with Gasteiger partial charge in [-0.1, -0.05) is 0 Å². The first kappa shape index (κ1) is 13.9. The standard InChI is InChI=1S/C9H19N5O2S/c1-7(4-5-14(2)3)13-17(15,16)8-6-11-12-9(8)10/h6-7,13H,4-5H2,1-3H3,(H3,10,11,12). The maximum absolute atomic E-state index is 11.9. The van der Waals surface area contributed by atoms with Crippen molar-refractivity contribution in [2.45, 2.75) is 24.3 Å². The predicted octanol–water partition coefficient (Wildman–Crippen LogP) is -0.390. The van der Waals surface area contributed by atoms with Crippen molar-refractivity contribution in [2.75, 3.05) is 26.4 Å². The van der Waals surface area contributed by atoms with E-state index in [1.165, 1.54) is 6.20 Å². The maximum atomic E-state index is 11.9. The number of sulfonamides is 1. The molecule has 0 saturated carbocycles. The number of nitrogens with one attached hydrogen (secondary N) is 2. The van der Waals surface area contributed by atoms with Gasteiger partial charge in [0.2, 0.25) is 10.0 Å². The SMILES string of the molecule is CC(CCN(C)C)NS(=O)(=O)c1cn[nH]c1N. The van der Waals surface area contributed by atoms with E-state index in [9.17, 15) is 8.42 Å². The molecule has 0 spiro atoms. The van der Waals surface area contributed by atoms with Gasteiger partial charge in [0.1, 0.15) is 10.7 Å². The number of rotatable bonds is 6. The summed E-state index contributed by atoms with van der Waals surface area (Å²) < 4.78 is 26.4. The van der Waals surface area contributed by atoms with E-state index in [0.29, 0.717) is 0 Å². The third-order valence-corrected chi connectivity index (χ3v) is 3.90. The summed E-state index contributed by atoms with van der Waals surface area (Å²) in [5.74, 6) is 0.0531. The first-order chi connectivity index (χ1) is 7.83. The fourth-order valence-electron chi connectivity index (χ4n) is 1.34. The van der Waals surface area contributed by atoms with Crippen molar-refractivity contribution in [3.8, 4) is 0 Å². The second-order valence-corrected chi connectivity index (χ2v) is 5.94. The van der Waals surface area contributed by atoms with Crippen LogP contribution >= 0.6 is 0 Å². The van der Waals surface area contributed by atoms with Crippen LogP contribution in [-0.2, 0) is 10.0 Å². The lowest BCUT2D eigenvalue weighted by molar-refractivity contribution is 0.379. The van der Waals surface area contributed by atoms with Gasteiger partial charge in [0.05, 0.1) is 6.20 Å². The first-order valence-corrected chi connectivity index (χ1v) is 6.77. The van der Waals surface area contributed by atoms with Crippen LogP contribution in [0.3, 0.4) is 0 Å². The molecule has 1 atom stereocenters. The molecule has 1 heterocycles. The monoisotopic (exact) mass is 261 g/mol. The Bertz CT molecular complexity index is 454. The molecule has 0 saturated heterocycles. The van der Waals surface area contributed by atoms with Crippen LogP contribution < -0.4 is 10.5 Å². The number of aromatic amines is 1. The highest BCUT2D eigenvalue weighted by molar-refractivity contribution is 7.89. The molecule has 4 N–H and O–H groups in total. The molecule has 0 bridgehead atoms. The molecule has 17 heavy (non-hydrogen) atoms. The Morgan fingerprint density at radius 2 is 2.24 bits per heavy atom. The second-order valence-electron chi connectivity index (χ2n) is 4.26. The lowest BCUT2D eigenvalue weighted by Crippen LogP contribution is -2.34. The van der Waals surface area contributed by atoms with Crippen molar-refractivity contribution in [1.82, 2.24) is 19.8 Å². The molecule has 1 rings (SSSR count). The number of hydrogen-bond donors (Lipinski definition) is 3. The molecule has 0 aliphatic heterocycles. The first-order valence-electron chi connectivity index (χ1n) is 5.29. The highest BCUT2D eigenvalue weighted by atomic mass is 32.2. The number of anilines is 1. The minimum Gasteiger partial charge on any atom is -0.383 e. The third kappa shape index (κ3) is 3.99. The Balaban J connectivity index is 2.65. The van der Waals surface area contributed by atoms with Crippen LogP contribution in [0.4, 0.5) is 5.82 Å². The summed E-state index contributed by atoms with van der Waals surface area (Å²) in [6.07, 6.45) is 1.93. The van der Waals surface area contributed by atoms with E-state index in [0.717, 1.165) is 13.0 Å². The topological polar surface area (TPSA) is 104 Å². The quantitative estimate of drug-likeness (QED) is 0.647. The van der Waals surface area contributed by atoms with Gasteiger partial charge in [-0.05, 0) is 34.0 Å². The Kier molecular flexibility index (Phi) is 4.49. The fourth-order valence-corrected chi connectivity index (χ4v) is 2.64. The Labute approximate surface area is 101 Å². The smallest absolute Gasteiger partial charge is 0.246 e. The lowest BCUT2D eigenvalue weighted by Gasteiger charge is -2.16. The molecule has 0 fully saturated rings. The van der Waals surface area contributed by atoms with Crippen molar-refractivity contribution in [2.24, 2.45) is 0 Å². The van der Waals surface area contributed by atoms with Crippen LogP contribution in [0.1, 0.15) is 13.3 Å². The zero-order valence-corrected chi connectivity index (χ0v) is 11.1. The molecule has 0 aliphatic carbocycles. The van der Waals surface area contributed by atoms with E-state index >= 15 is 0 Å². The van der Waals surface area contributed by atoms with Gasteiger partial charge in [-0.2, -0.15) is 5.10 Å². The minimum atomic E-state index is -3.58. The summed E-state index contributed by atoms with van der Waals surface area (Å²) in [6, 6.07) is -0.156.